The maximum Gasteiger partial charge on any atom is 0.416 e. The smallest absolute Gasteiger partial charge is 0.390 e. The van der Waals surface area contributed by atoms with Crippen molar-refractivity contribution in [3.05, 3.63) is 35.4 Å². The van der Waals surface area contributed by atoms with Gasteiger partial charge in [0.2, 0.25) is 12.1 Å². The number of fused-ring (bicyclic) bond motifs is 1. The third kappa shape index (κ3) is 6.44. The molecule has 0 aliphatic carbocycles. The van der Waals surface area contributed by atoms with Gasteiger partial charge in [-0.05, 0) is 39.6 Å². The van der Waals surface area contributed by atoms with Crippen LogP contribution in [0.15, 0.2) is 24.3 Å². The number of alkyl halides is 3. The molecule has 1 aromatic carbocycles. The predicted molar refractivity (Wildman–Crippen MR) is 126 cm³/mol. The maximum absolute atomic E-state index is 13.0. The van der Waals surface area contributed by atoms with E-state index < -0.39 is 59.9 Å². The van der Waals surface area contributed by atoms with Crippen LogP contribution < -0.4 is 16.0 Å². The second-order valence-electron chi connectivity index (χ2n) is 9.87. The van der Waals surface area contributed by atoms with E-state index in [1.807, 2.05) is 0 Å². The molecular weight excluding hydrogens is 499 g/mol. The van der Waals surface area contributed by atoms with Crippen LogP contribution in [0.1, 0.15) is 31.4 Å². The summed E-state index contributed by atoms with van der Waals surface area (Å²) in [6.45, 7) is 2.85. The van der Waals surface area contributed by atoms with Gasteiger partial charge in [-0.2, -0.15) is 13.2 Å². The summed E-state index contributed by atoms with van der Waals surface area (Å²) in [6.07, 6.45) is -9.83. The van der Waals surface area contributed by atoms with E-state index in [0.29, 0.717) is 5.56 Å². The van der Waals surface area contributed by atoms with Gasteiger partial charge in [0.25, 0.3) is 0 Å². The number of aliphatic hydroxyl groups excluding tert-OH is 2. The molecule has 1 aromatic rings. The molecule has 9 atom stereocenters. The van der Waals surface area contributed by atoms with Gasteiger partial charge in [-0.25, -0.2) is 0 Å². The maximum atomic E-state index is 13.0. The fraction of sp³-hybridized carbons (Fsp3) is 0.750. The van der Waals surface area contributed by atoms with Gasteiger partial charge in [0.05, 0.1) is 30.4 Å². The van der Waals surface area contributed by atoms with Crippen LogP contribution in [-0.4, -0.2) is 102 Å². The fourth-order valence-corrected chi connectivity index (χ4v) is 4.83. The quantitative estimate of drug-likeness (QED) is 0.212. The average molecular weight is 538 g/mol. The lowest BCUT2D eigenvalue weighted by molar-refractivity contribution is -0.461. The lowest BCUT2D eigenvalue weighted by Gasteiger charge is -2.55. The zero-order valence-corrected chi connectivity index (χ0v) is 21.3. The summed E-state index contributed by atoms with van der Waals surface area (Å²) >= 11 is 0. The Morgan fingerprint density at radius 1 is 1.14 bits per heavy atom. The van der Waals surface area contributed by atoms with Crippen molar-refractivity contribution in [3.63, 3.8) is 0 Å². The first kappa shape index (κ1) is 30.2. The van der Waals surface area contributed by atoms with Crippen LogP contribution in [0.4, 0.5) is 13.2 Å². The van der Waals surface area contributed by atoms with Crippen LogP contribution in [0.5, 0.6) is 0 Å². The lowest BCUT2D eigenvalue weighted by atomic mass is 9.83. The summed E-state index contributed by atoms with van der Waals surface area (Å²) in [7, 11) is 3.25. The van der Waals surface area contributed by atoms with E-state index >= 15 is 0 Å². The number of hydrogen-bond donors (Lipinski definition) is 7. The Balaban J connectivity index is 1.69. The number of aliphatic hydroxyl groups is 4. The number of benzene rings is 1. The molecule has 0 spiro atoms. The van der Waals surface area contributed by atoms with Gasteiger partial charge >= 0.3 is 6.18 Å². The van der Waals surface area contributed by atoms with Crippen LogP contribution in [0.3, 0.4) is 0 Å². The number of hydrogen-bond acceptors (Lipinski definition) is 10. The van der Waals surface area contributed by atoms with Gasteiger partial charge in [0.1, 0.15) is 17.8 Å². The number of likely N-dealkylation sites (N-methyl/N-ethyl adjacent to an activating group) is 2. The van der Waals surface area contributed by atoms with Crippen molar-refractivity contribution in [1.29, 1.82) is 0 Å². The van der Waals surface area contributed by atoms with E-state index in [4.69, 9.17) is 14.2 Å². The zero-order chi connectivity index (χ0) is 27.6. The zero-order valence-electron chi connectivity index (χ0n) is 21.3. The lowest BCUT2D eigenvalue weighted by Crippen LogP contribution is -2.75. The van der Waals surface area contributed by atoms with Crippen molar-refractivity contribution in [3.8, 4) is 0 Å². The van der Waals surface area contributed by atoms with E-state index in [2.05, 4.69) is 16.0 Å². The second-order valence-corrected chi connectivity index (χ2v) is 9.87. The van der Waals surface area contributed by atoms with Crippen LogP contribution in [0.2, 0.25) is 0 Å². The monoisotopic (exact) mass is 537 g/mol. The topological polar surface area (TPSA) is 145 Å². The molecule has 0 bridgehead atoms. The van der Waals surface area contributed by atoms with Crippen molar-refractivity contribution >= 4 is 0 Å². The van der Waals surface area contributed by atoms with Crippen molar-refractivity contribution in [2.24, 2.45) is 0 Å². The van der Waals surface area contributed by atoms with Crippen LogP contribution in [0.25, 0.3) is 0 Å². The highest BCUT2D eigenvalue weighted by Gasteiger charge is 2.64. The molecule has 0 amide bonds. The molecular formula is C24H38F3N3O7. The van der Waals surface area contributed by atoms with Gasteiger partial charge in [-0.3, -0.25) is 0 Å². The Hall–Kier alpha value is -1.39. The fourth-order valence-electron chi connectivity index (χ4n) is 4.83. The molecule has 2 aliphatic rings. The van der Waals surface area contributed by atoms with E-state index in [9.17, 15) is 33.6 Å². The third-order valence-corrected chi connectivity index (χ3v) is 7.15. The molecule has 13 heteroatoms. The Morgan fingerprint density at radius 3 is 2.46 bits per heavy atom. The van der Waals surface area contributed by atoms with E-state index in [1.54, 1.807) is 27.9 Å². The van der Waals surface area contributed by atoms with E-state index in [-0.39, 0.29) is 32.2 Å². The minimum Gasteiger partial charge on any atom is -0.390 e. The molecule has 2 heterocycles. The molecule has 7 N–H and O–H groups in total. The number of rotatable bonds is 10. The van der Waals surface area contributed by atoms with Crippen LogP contribution >= 0.6 is 0 Å². The predicted octanol–water partition coefficient (Wildman–Crippen LogP) is -0.317. The second kappa shape index (κ2) is 11.8. The van der Waals surface area contributed by atoms with Gasteiger partial charge < -0.3 is 50.6 Å². The first-order chi connectivity index (χ1) is 17.3. The van der Waals surface area contributed by atoms with Crippen molar-refractivity contribution in [2.45, 2.75) is 87.2 Å². The van der Waals surface area contributed by atoms with Gasteiger partial charge in [0.15, 0.2) is 0 Å². The molecule has 2 saturated heterocycles. The van der Waals surface area contributed by atoms with Crippen LogP contribution in [-0.2, 0) is 26.9 Å². The van der Waals surface area contributed by atoms with Crippen molar-refractivity contribution in [1.82, 2.24) is 16.0 Å². The highest BCUT2D eigenvalue weighted by atomic mass is 19.4. The molecule has 212 valence electrons. The Morgan fingerprint density at radius 2 is 1.84 bits per heavy atom. The van der Waals surface area contributed by atoms with Gasteiger partial charge in [-0.15, -0.1) is 0 Å². The minimum atomic E-state index is -4.48. The Labute approximate surface area is 214 Å². The summed E-state index contributed by atoms with van der Waals surface area (Å²) in [4.78, 5) is 0. The first-order valence-electron chi connectivity index (χ1n) is 12.2. The number of nitrogens with one attached hydrogen (secondary N) is 3. The van der Waals surface area contributed by atoms with Gasteiger partial charge in [0, 0.05) is 25.6 Å². The highest BCUT2D eigenvalue weighted by molar-refractivity contribution is 5.25. The molecule has 2 aliphatic heterocycles. The van der Waals surface area contributed by atoms with Gasteiger partial charge in [-0.1, -0.05) is 18.2 Å². The minimum absolute atomic E-state index is 0.00417. The van der Waals surface area contributed by atoms with Crippen molar-refractivity contribution in [2.75, 3.05) is 27.2 Å². The average Bonchev–Trinajstić information content (AvgIpc) is 2.84. The highest BCUT2D eigenvalue weighted by Crippen LogP contribution is 2.42. The molecule has 3 rings (SSSR count). The normalized spacial score (nSPS) is 33.9. The first-order valence-corrected chi connectivity index (χ1v) is 12.2. The Bertz CT molecular complexity index is 897. The standard InChI is InChI=1S/C24H38F3N3O7/c1-13-9-22(33,12-30-10-15-6-5-7-16(8-15)24(25,26)27)23(34)21(36-13)37-17(11-35-23)20(32)18(29-4)19(31)14(2)28-3/h5-8,13-14,17-21,28-34H,9-12H2,1-4H3. The summed E-state index contributed by atoms with van der Waals surface area (Å²) in [5.74, 6) is -2.32. The molecule has 9 unspecified atom stereocenters. The molecule has 0 radical (unpaired) electrons. The van der Waals surface area contributed by atoms with Crippen LogP contribution in [0, 0.1) is 0 Å². The molecule has 2 fully saturated rings. The molecule has 0 saturated carbocycles. The van der Waals surface area contributed by atoms with Crippen molar-refractivity contribution < 1.29 is 47.8 Å². The largest absolute Gasteiger partial charge is 0.416 e. The summed E-state index contributed by atoms with van der Waals surface area (Å²) in [5, 5.41) is 52.9. The molecule has 37 heavy (non-hydrogen) atoms. The van der Waals surface area contributed by atoms with E-state index in [1.165, 1.54) is 12.1 Å². The summed E-state index contributed by atoms with van der Waals surface area (Å²) in [6, 6.07) is 3.63. The Kier molecular flexibility index (Phi) is 9.60. The molecule has 0 aromatic heterocycles. The van der Waals surface area contributed by atoms with E-state index in [0.717, 1.165) is 12.1 Å². The summed E-state index contributed by atoms with van der Waals surface area (Å²) in [5.41, 5.74) is -2.36. The SMILES string of the molecule is CNC(C)C(O)C(NC)C(O)C1COC2(O)C(OC(C)CC2(O)CNCc2cccc(C(F)(F)F)c2)O1. The summed E-state index contributed by atoms with van der Waals surface area (Å²) < 4.78 is 56.3. The third-order valence-electron chi connectivity index (χ3n) is 7.15. The number of ether oxygens (including phenoxy) is 3. The number of halogens is 3. The molecule has 10 nitrogen and oxygen atoms in total.